The van der Waals surface area contributed by atoms with E-state index in [0.717, 1.165) is 16.3 Å². The molecule has 0 fully saturated rings. The van der Waals surface area contributed by atoms with E-state index in [1.54, 1.807) is 6.07 Å². The normalized spacial score (nSPS) is 11.6. The monoisotopic (exact) mass is 357 g/mol. The average molecular weight is 357 g/mol. The number of benzene rings is 2. The molecule has 0 heterocycles. The van der Waals surface area contributed by atoms with Crippen molar-refractivity contribution in [3.05, 3.63) is 48.0 Å². The molecule has 2 rings (SSSR count). The Morgan fingerprint density at radius 2 is 1.73 bits per heavy atom. The number of carbonyl (C=O) groups is 4. The van der Waals surface area contributed by atoms with Crippen LogP contribution in [-0.2, 0) is 30.3 Å². The fourth-order valence-corrected chi connectivity index (χ4v) is 2.50. The molecule has 1 unspecified atom stereocenters. The first kappa shape index (κ1) is 19.1. The van der Waals surface area contributed by atoms with Crippen molar-refractivity contribution in [2.45, 2.75) is 32.4 Å². The molecule has 136 valence electrons. The van der Waals surface area contributed by atoms with Gasteiger partial charge in [0.25, 0.3) is 0 Å². The first-order valence-corrected chi connectivity index (χ1v) is 8.04. The van der Waals surface area contributed by atoms with E-state index < -0.39 is 36.3 Å². The molecule has 0 aliphatic heterocycles. The number of rotatable bonds is 8. The first-order valence-electron chi connectivity index (χ1n) is 8.04. The molecule has 1 amide bonds. The predicted molar refractivity (Wildman–Crippen MR) is 93.2 cm³/mol. The lowest BCUT2D eigenvalue weighted by molar-refractivity contribution is -0.158. The van der Waals surface area contributed by atoms with Crippen molar-refractivity contribution in [3.63, 3.8) is 0 Å². The Bertz CT molecular complexity index is 840. The SMILES string of the molecule is CC(=O)NC(OC(=O)Cc1cccc2ccccc12)C(=O)CCC(=O)O. The van der Waals surface area contributed by atoms with E-state index in [0.29, 0.717) is 0 Å². The van der Waals surface area contributed by atoms with E-state index in [1.807, 2.05) is 36.4 Å². The number of hydrogen-bond acceptors (Lipinski definition) is 5. The maximum absolute atomic E-state index is 12.2. The van der Waals surface area contributed by atoms with E-state index in [9.17, 15) is 19.2 Å². The second kappa shape index (κ2) is 8.75. The summed E-state index contributed by atoms with van der Waals surface area (Å²) in [6.45, 7) is 1.18. The van der Waals surface area contributed by atoms with Crippen LogP contribution >= 0.6 is 0 Å². The maximum Gasteiger partial charge on any atom is 0.312 e. The van der Waals surface area contributed by atoms with Crippen molar-refractivity contribution >= 4 is 34.4 Å². The number of carboxylic acids is 1. The van der Waals surface area contributed by atoms with Crippen molar-refractivity contribution in [2.75, 3.05) is 0 Å². The van der Waals surface area contributed by atoms with Gasteiger partial charge < -0.3 is 15.2 Å². The van der Waals surface area contributed by atoms with Gasteiger partial charge in [-0.3, -0.25) is 19.2 Å². The Hall–Kier alpha value is -3.22. The Labute approximate surface area is 150 Å². The van der Waals surface area contributed by atoms with Gasteiger partial charge in [0.15, 0.2) is 5.78 Å². The second-order valence-electron chi connectivity index (χ2n) is 5.75. The maximum atomic E-state index is 12.2. The highest BCUT2D eigenvalue weighted by Gasteiger charge is 2.24. The van der Waals surface area contributed by atoms with Gasteiger partial charge in [0.1, 0.15) is 0 Å². The Morgan fingerprint density at radius 3 is 2.42 bits per heavy atom. The molecule has 0 aliphatic carbocycles. The zero-order chi connectivity index (χ0) is 19.1. The quantitative estimate of drug-likeness (QED) is 0.551. The van der Waals surface area contributed by atoms with Gasteiger partial charge in [-0.1, -0.05) is 42.5 Å². The van der Waals surface area contributed by atoms with Crippen LogP contribution in [-0.4, -0.2) is 35.0 Å². The summed E-state index contributed by atoms with van der Waals surface area (Å²) in [4.78, 5) is 46.1. The number of carboxylic acid groups (broad SMARTS) is 1. The van der Waals surface area contributed by atoms with Crippen LogP contribution in [0.25, 0.3) is 10.8 Å². The van der Waals surface area contributed by atoms with E-state index in [4.69, 9.17) is 9.84 Å². The highest BCUT2D eigenvalue weighted by atomic mass is 16.6. The minimum absolute atomic E-state index is 0.0797. The molecule has 1 atom stereocenters. The molecule has 2 aromatic carbocycles. The van der Waals surface area contributed by atoms with Crippen LogP contribution in [0.5, 0.6) is 0 Å². The molecular formula is C19H19NO6. The standard InChI is InChI=1S/C19H19NO6/c1-12(21)20-19(16(22)9-10-17(23)24)26-18(25)11-14-7-4-6-13-5-2-3-8-15(13)14/h2-8,19H,9-11H2,1H3,(H,20,21)(H,23,24). The fraction of sp³-hybridized carbons (Fsp3) is 0.263. The second-order valence-corrected chi connectivity index (χ2v) is 5.75. The summed E-state index contributed by atoms with van der Waals surface area (Å²) in [6.07, 6.45) is -2.32. The molecule has 0 radical (unpaired) electrons. The van der Waals surface area contributed by atoms with Crippen molar-refractivity contribution in [2.24, 2.45) is 0 Å². The summed E-state index contributed by atoms with van der Waals surface area (Å²) in [7, 11) is 0. The lowest BCUT2D eigenvalue weighted by Gasteiger charge is -2.17. The molecule has 2 aromatic rings. The third kappa shape index (κ3) is 5.41. The smallest absolute Gasteiger partial charge is 0.312 e. The first-order chi connectivity index (χ1) is 12.4. The molecule has 0 spiro atoms. The van der Waals surface area contributed by atoms with E-state index >= 15 is 0 Å². The van der Waals surface area contributed by atoms with Crippen LogP contribution in [0.4, 0.5) is 0 Å². The highest BCUT2D eigenvalue weighted by Crippen LogP contribution is 2.19. The number of carbonyl (C=O) groups excluding carboxylic acids is 3. The Kier molecular flexibility index (Phi) is 6.43. The van der Waals surface area contributed by atoms with E-state index in [-0.39, 0.29) is 12.8 Å². The van der Waals surface area contributed by atoms with Gasteiger partial charge in [0, 0.05) is 13.3 Å². The Morgan fingerprint density at radius 1 is 1.04 bits per heavy atom. The molecule has 7 heteroatoms. The van der Waals surface area contributed by atoms with Crippen LogP contribution in [0.2, 0.25) is 0 Å². The van der Waals surface area contributed by atoms with Crippen molar-refractivity contribution < 1.29 is 29.0 Å². The van der Waals surface area contributed by atoms with E-state index in [2.05, 4.69) is 5.32 Å². The van der Waals surface area contributed by atoms with Crippen molar-refractivity contribution in [1.29, 1.82) is 0 Å². The number of ketones is 1. The zero-order valence-corrected chi connectivity index (χ0v) is 14.2. The third-order valence-corrected chi connectivity index (χ3v) is 3.68. The summed E-state index contributed by atoms with van der Waals surface area (Å²) in [5.41, 5.74) is 0.729. The summed E-state index contributed by atoms with van der Waals surface area (Å²) >= 11 is 0. The molecule has 26 heavy (non-hydrogen) atoms. The zero-order valence-electron chi connectivity index (χ0n) is 14.2. The Balaban J connectivity index is 2.09. The third-order valence-electron chi connectivity index (χ3n) is 3.68. The number of nitrogens with one attached hydrogen (secondary N) is 1. The summed E-state index contributed by atoms with van der Waals surface area (Å²) in [6, 6.07) is 13.0. The van der Waals surface area contributed by atoms with Gasteiger partial charge in [0.2, 0.25) is 12.1 Å². The minimum Gasteiger partial charge on any atom is -0.481 e. The summed E-state index contributed by atoms with van der Waals surface area (Å²) in [5.74, 6) is -3.07. The minimum atomic E-state index is -1.49. The van der Waals surface area contributed by atoms with Gasteiger partial charge in [-0.2, -0.15) is 0 Å². The summed E-state index contributed by atoms with van der Waals surface area (Å²) in [5, 5.41) is 12.7. The van der Waals surface area contributed by atoms with E-state index in [1.165, 1.54) is 6.92 Å². The van der Waals surface area contributed by atoms with Gasteiger partial charge in [-0.15, -0.1) is 0 Å². The average Bonchev–Trinajstić information content (AvgIpc) is 2.59. The predicted octanol–water partition coefficient (Wildman–Crippen LogP) is 1.82. The molecule has 0 aliphatic rings. The number of ether oxygens (including phenoxy) is 1. The molecule has 7 nitrogen and oxygen atoms in total. The fourth-order valence-electron chi connectivity index (χ4n) is 2.50. The number of aliphatic carboxylic acids is 1. The van der Waals surface area contributed by atoms with Crippen LogP contribution in [0.15, 0.2) is 42.5 Å². The van der Waals surface area contributed by atoms with Crippen molar-refractivity contribution in [1.82, 2.24) is 5.32 Å². The number of hydrogen-bond donors (Lipinski definition) is 2. The molecule has 0 saturated carbocycles. The lowest BCUT2D eigenvalue weighted by atomic mass is 10.0. The largest absolute Gasteiger partial charge is 0.481 e. The number of Topliss-reactive ketones (excluding diaryl/α,β-unsaturated/α-hetero) is 1. The van der Waals surface area contributed by atoms with Gasteiger partial charge in [0.05, 0.1) is 12.8 Å². The van der Waals surface area contributed by atoms with Gasteiger partial charge >= 0.3 is 11.9 Å². The van der Waals surface area contributed by atoms with Crippen LogP contribution in [0.1, 0.15) is 25.3 Å². The summed E-state index contributed by atoms with van der Waals surface area (Å²) < 4.78 is 5.09. The number of esters is 1. The topological polar surface area (TPSA) is 110 Å². The van der Waals surface area contributed by atoms with Crippen molar-refractivity contribution in [3.8, 4) is 0 Å². The van der Waals surface area contributed by atoms with Gasteiger partial charge in [-0.05, 0) is 16.3 Å². The number of fused-ring (bicyclic) bond motifs is 1. The van der Waals surface area contributed by atoms with Crippen LogP contribution in [0, 0.1) is 0 Å². The highest BCUT2D eigenvalue weighted by molar-refractivity contribution is 5.92. The van der Waals surface area contributed by atoms with Gasteiger partial charge in [-0.25, -0.2) is 0 Å². The lowest BCUT2D eigenvalue weighted by Crippen LogP contribution is -2.43. The van der Waals surface area contributed by atoms with Crippen LogP contribution < -0.4 is 5.32 Å². The molecule has 0 saturated heterocycles. The molecule has 2 N–H and O–H groups in total. The molecular weight excluding hydrogens is 338 g/mol. The number of amides is 1. The molecule has 0 aromatic heterocycles. The van der Waals surface area contributed by atoms with Crippen LogP contribution in [0.3, 0.4) is 0 Å². The molecule has 0 bridgehead atoms.